The number of hydrogen-bond acceptors (Lipinski definition) is 3. The summed E-state index contributed by atoms with van der Waals surface area (Å²) in [5.41, 5.74) is 8.22. The summed E-state index contributed by atoms with van der Waals surface area (Å²) in [6.07, 6.45) is 4.07. The van der Waals surface area contributed by atoms with E-state index in [0.717, 1.165) is 43.6 Å². The van der Waals surface area contributed by atoms with Gasteiger partial charge >= 0.3 is 6.03 Å². The molecule has 21 heavy (non-hydrogen) atoms. The van der Waals surface area contributed by atoms with E-state index in [2.05, 4.69) is 16.0 Å². The minimum Gasteiger partial charge on any atom is -0.385 e. The number of nitrogens with two attached hydrogens (primary N) is 1. The summed E-state index contributed by atoms with van der Waals surface area (Å²) < 4.78 is 0. The standard InChI is InChI=1S/C15H22N4O2/c16-15(21)18-8-2-1-5-14(20)19-12-6-7-13-11(10-12)4-3-9-17-13/h6-7,10,17H,1-5,8-9H2,(H,19,20)(H3,16,18,21). The molecule has 3 amide bonds. The molecule has 6 nitrogen and oxygen atoms in total. The molecule has 5 N–H and O–H groups in total. The zero-order valence-electron chi connectivity index (χ0n) is 12.1. The van der Waals surface area contributed by atoms with Crippen LogP contribution in [0.15, 0.2) is 18.2 Å². The van der Waals surface area contributed by atoms with Gasteiger partial charge in [0.2, 0.25) is 5.91 Å². The molecule has 1 aliphatic rings. The number of nitrogens with one attached hydrogen (secondary N) is 3. The highest BCUT2D eigenvalue weighted by atomic mass is 16.2. The Morgan fingerprint density at radius 3 is 2.95 bits per heavy atom. The second-order valence-corrected chi connectivity index (χ2v) is 5.20. The molecule has 2 rings (SSSR count). The molecule has 1 aromatic rings. The minimum atomic E-state index is -0.526. The highest BCUT2D eigenvalue weighted by Gasteiger charge is 2.10. The molecular weight excluding hydrogens is 268 g/mol. The second-order valence-electron chi connectivity index (χ2n) is 5.20. The molecule has 0 fully saturated rings. The SMILES string of the molecule is NC(=O)NCCCCC(=O)Nc1ccc2c(c1)CCCN2. The second kappa shape index (κ2) is 7.52. The average Bonchev–Trinajstić information content (AvgIpc) is 2.46. The Hall–Kier alpha value is -2.24. The summed E-state index contributed by atoms with van der Waals surface area (Å²) in [5.74, 6) is -0.00204. The fourth-order valence-electron chi connectivity index (χ4n) is 2.40. The Kier molecular flexibility index (Phi) is 5.43. The van der Waals surface area contributed by atoms with E-state index in [1.165, 1.54) is 5.56 Å². The van der Waals surface area contributed by atoms with Gasteiger partial charge in [-0.1, -0.05) is 0 Å². The van der Waals surface area contributed by atoms with Crippen LogP contribution in [0.3, 0.4) is 0 Å². The molecule has 1 aliphatic heterocycles. The molecule has 0 aromatic heterocycles. The van der Waals surface area contributed by atoms with Gasteiger partial charge < -0.3 is 21.7 Å². The van der Waals surface area contributed by atoms with Crippen molar-refractivity contribution in [1.29, 1.82) is 0 Å². The van der Waals surface area contributed by atoms with Crippen LogP contribution in [0.1, 0.15) is 31.2 Å². The molecule has 0 saturated carbocycles. The van der Waals surface area contributed by atoms with Gasteiger partial charge in [0.1, 0.15) is 0 Å². The molecule has 0 aliphatic carbocycles. The lowest BCUT2D eigenvalue weighted by atomic mass is 10.0. The number of aryl methyl sites for hydroxylation is 1. The normalized spacial score (nSPS) is 13.0. The highest BCUT2D eigenvalue weighted by molar-refractivity contribution is 5.91. The number of unbranched alkanes of at least 4 members (excludes halogenated alkanes) is 1. The van der Waals surface area contributed by atoms with Gasteiger partial charge in [-0.05, 0) is 49.4 Å². The molecule has 0 unspecified atom stereocenters. The Bertz CT molecular complexity index is 516. The average molecular weight is 290 g/mol. The minimum absolute atomic E-state index is 0.00204. The number of urea groups is 1. The van der Waals surface area contributed by atoms with Crippen LogP contribution in [-0.4, -0.2) is 25.0 Å². The number of amides is 3. The predicted molar refractivity (Wildman–Crippen MR) is 83.3 cm³/mol. The van der Waals surface area contributed by atoms with Crippen LogP contribution in [0.5, 0.6) is 0 Å². The number of fused-ring (bicyclic) bond motifs is 1. The summed E-state index contributed by atoms with van der Waals surface area (Å²) in [6.45, 7) is 1.52. The largest absolute Gasteiger partial charge is 0.385 e. The Morgan fingerprint density at radius 2 is 2.14 bits per heavy atom. The van der Waals surface area contributed by atoms with E-state index >= 15 is 0 Å². The first kappa shape index (κ1) is 15.2. The smallest absolute Gasteiger partial charge is 0.312 e. The quantitative estimate of drug-likeness (QED) is 0.602. The van der Waals surface area contributed by atoms with Crippen molar-refractivity contribution in [2.45, 2.75) is 32.1 Å². The van der Waals surface area contributed by atoms with Crippen molar-refractivity contribution in [2.75, 3.05) is 23.7 Å². The summed E-state index contributed by atoms with van der Waals surface area (Å²) in [6, 6.07) is 5.45. The summed E-state index contributed by atoms with van der Waals surface area (Å²) in [7, 11) is 0. The lowest BCUT2D eigenvalue weighted by Crippen LogP contribution is -2.30. The number of carbonyl (C=O) groups excluding carboxylic acids is 2. The van der Waals surface area contributed by atoms with Gasteiger partial charge in [0, 0.05) is 30.9 Å². The van der Waals surface area contributed by atoms with E-state index in [0.29, 0.717) is 13.0 Å². The monoisotopic (exact) mass is 290 g/mol. The number of carbonyl (C=O) groups is 2. The first-order valence-corrected chi connectivity index (χ1v) is 7.35. The van der Waals surface area contributed by atoms with Crippen molar-refractivity contribution >= 4 is 23.3 Å². The van der Waals surface area contributed by atoms with Crippen molar-refractivity contribution in [3.8, 4) is 0 Å². The first-order valence-electron chi connectivity index (χ1n) is 7.35. The summed E-state index contributed by atoms with van der Waals surface area (Å²) in [5, 5.41) is 8.76. The van der Waals surface area contributed by atoms with Crippen LogP contribution in [0.4, 0.5) is 16.2 Å². The molecular formula is C15H22N4O2. The van der Waals surface area contributed by atoms with E-state index in [1.807, 2.05) is 18.2 Å². The maximum atomic E-state index is 11.8. The molecule has 6 heteroatoms. The molecule has 0 atom stereocenters. The third kappa shape index (κ3) is 4.98. The number of anilines is 2. The topological polar surface area (TPSA) is 96.2 Å². The Balaban J connectivity index is 1.73. The Morgan fingerprint density at radius 1 is 1.29 bits per heavy atom. The summed E-state index contributed by atoms with van der Waals surface area (Å²) >= 11 is 0. The van der Waals surface area contributed by atoms with Crippen LogP contribution in [-0.2, 0) is 11.2 Å². The first-order chi connectivity index (χ1) is 10.1. The van der Waals surface area contributed by atoms with E-state index in [9.17, 15) is 9.59 Å². The van der Waals surface area contributed by atoms with E-state index < -0.39 is 6.03 Å². The maximum Gasteiger partial charge on any atom is 0.312 e. The number of rotatable bonds is 6. The highest BCUT2D eigenvalue weighted by Crippen LogP contribution is 2.25. The third-order valence-corrected chi connectivity index (χ3v) is 3.46. The van der Waals surface area contributed by atoms with Crippen LogP contribution >= 0.6 is 0 Å². The summed E-state index contributed by atoms with van der Waals surface area (Å²) in [4.78, 5) is 22.3. The molecule has 1 aromatic carbocycles. The number of hydrogen-bond donors (Lipinski definition) is 4. The van der Waals surface area contributed by atoms with Gasteiger partial charge in [0.05, 0.1) is 0 Å². The molecule has 114 valence electrons. The molecule has 0 radical (unpaired) electrons. The van der Waals surface area contributed by atoms with Crippen molar-refractivity contribution in [3.05, 3.63) is 23.8 Å². The molecule has 1 heterocycles. The van der Waals surface area contributed by atoms with Crippen molar-refractivity contribution < 1.29 is 9.59 Å². The zero-order valence-corrected chi connectivity index (χ0v) is 12.1. The lowest BCUT2D eigenvalue weighted by molar-refractivity contribution is -0.116. The van der Waals surface area contributed by atoms with Gasteiger partial charge in [0.15, 0.2) is 0 Å². The van der Waals surface area contributed by atoms with Gasteiger partial charge in [-0.3, -0.25) is 4.79 Å². The lowest BCUT2D eigenvalue weighted by Gasteiger charge is -2.18. The van der Waals surface area contributed by atoms with E-state index in [4.69, 9.17) is 5.73 Å². The van der Waals surface area contributed by atoms with Crippen molar-refractivity contribution in [3.63, 3.8) is 0 Å². The fourth-order valence-corrected chi connectivity index (χ4v) is 2.40. The van der Waals surface area contributed by atoms with Gasteiger partial charge in [-0.15, -0.1) is 0 Å². The van der Waals surface area contributed by atoms with Crippen LogP contribution in [0.2, 0.25) is 0 Å². The number of primary amides is 1. The molecule has 0 saturated heterocycles. The maximum absolute atomic E-state index is 11.8. The van der Waals surface area contributed by atoms with E-state index in [-0.39, 0.29) is 5.91 Å². The van der Waals surface area contributed by atoms with Crippen molar-refractivity contribution in [2.24, 2.45) is 5.73 Å². The van der Waals surface area contributed by atoms with Gasteiger partial charge in [-0.2, -0.15) is 0 Å². The van der Waals surface area contributed by atoms with Crippen molar-refractivity contribution in [1.82, 2.24) is 5.32 Å². The van der Waals surface area contributed by atoms with Gasteiger partial charge in [0.25, 0.3) is 0 Å². The number of benzene rings is 1. The fraction of sp³-hybridized carbons (Fsp3) is 0.467. The van der Waals surface area contributed by atoms with Crippen LogP contribution in [0.25, 0.3) is 0 Å². The zero-order chi connectivity index (χ0) is 15.1. The predicted octanol–water partition coefficient (Wildman–Crippen LogP) is 1.82. The Labute approximate surface area is 124 Å². The molecule has 0 spiro atoms. The van der Waals surface area contributed by atoms with E-state index in [1.54, 1.807) is 0 Å². The van der Waals surface area contributed by atoms with Crippen LogP contribution in [0, 0.1) is 0 Å². The third-order valence-electron chi connectivity index (χ3n) is 3.46. The molecule has 0 bridgehead atoms. The van der Waals surface area contributed by atoms with Gasteiger partial charge in [-0.25, -0.2) is 4.79 Å². The van der Waals surface area contributed by atoms with Crippen LogP contribution < -0.4 is 21.7 Å².